The molecule has 0 amide bonds. The molecule has 0 spiro atoms. The summed E-state index contributed by atoms with van der Waals surface area (Å²) in [7, 11) is 0. The normalized spacial score (nSPS) is 10.6. The second-order valence-corrected chi connectivity index (χ2v) is 4.96. The molecule has 0 bridgehead atoms. The molecule has 0 fully saturated rings. The molecule has 0 atom stereocenters. The third-order valence-corrected chi connectivity index (χ3v) is 3.45. The molecule has 110 valence electrons. The van der Waals surface area contributed by atoms with Crippen LogP contribution in [0.3, 0.4) is 0 Å². The Balaban J connectivity index is 1.90. The van der Waals surface area contributed by atoms with E-state index in [1.807, 2.05) is 0 Å². The first kappa shape index (κ1) is 15.4. The zero-order valence-electron chi connectivity index (χ0n) is 11.2. The number of non-ortho nitro benzene ring substituents is 1. The minimum atomic E-state index is -0.459. The van der Waals surface area contributed by atoms with Crippen LogP contribution in [0.2, 0.25) is 5.02 Å². The smallest absolute Gasteiger partial charge is 0.269 e. The maximum atomic E-state index is 13.4. The molecule has 4 nitrogen and oxygen atoms in total. The van der Waals surface area contributed by atoms with Gasteiger partial charge in [-0.2, -0.15) is 0 Å². The van der Waals surface area contributed by atoms with Crippen molar-refractivity contribution in [1.82, 2.24) is 5.32 Å². The van der Waals surface area contributed by atoms with Crippen molar-refractivity contribution in [3.8, 4) is 0 Å². The van der Waals surface area contributed by atoms with Gasteiger partial charge in [-0.15, -0.1) is 0 Å². The lowest BCUT2D eigenvalue weighted by molar-refractivity contribution is -0.384. The summed E-state index contributed by atoms with van der Waals surface area (Å²) >= 11 is 6.00. The number of nitro benzene ring substituents is 1. The van der Waals surface area contributed by atoms with Crippen LogP contribution in [0.15, 0.2) is 42.5 Å². The first-order valence-electron chi connectivity index (χ1n) is 6.45. The Labute approximate surface area is 126 Å². The van der Waals surface area contributed by atoms with Crippen molar-refractivity contribution >= 4 is 17.3 Å². The molecule has 0 aliphatic rings. The molecule has 0 saturated heterocycles. The molecule has 0 radical (unpaired) electrons. The fraction of sp³-hybridized carbons (Fsp3) is 0.200. The number of hydrogen-bond donors (Lipinski definition) is 1. The third kappa shape index (κ3) is 4.24. The van der Waals surface area contributed by atoms with E-state index < -0.39 is 4.92 Å². The van der Waals surface area contributed by atoms with Crippen LogP contribution in [0.5, 0.6) is 0 Å². The lowest BCUT2D eigenvalue weighted by Crippen LogP contribution is -2.17. The van der Waals surface area contributed by atoms with Gasteiger partial charge in [0.1, 0.15) is 5.82 Å². The van der Waals surface area contributed by atoms with Crippen LogP contribution in [0.1, 0.15) is 11.1 Å². The average molecular weight is 309 g/mol. The van der Waals surface area contributed by atoms with Crippen LogP contribution in [-0.2, 0) is 13.0 Å². The van der Waals surface area contributed by atoms with Crippen LogP contribution < -0.4 is 5.32 Å². The monoisotopic (exact) mass is 308 g/mol. The van der Waals surface area contributed by atoms with Gasteiger partial charge in [0, 0.05) is 23.7 Å². The van der Waals surface area contributed by atoms with Gasteiger partial charge in [0.15, 0.2) is 0 Å². The van der Waals surface area contributed by atoms with E-state index in [1.165, 1.54) is 24.3 Å². The van der Waals surface area contributed by atoms with Crippen molar-refractivity contribution in [2.45, 2.75) is 13.0 Å². The summed E-state index contributed by atoms with van der Waals surface area (Å²) in [6, 6.07) is 10.9. The Hall–Kier alpha value is -1.98. The summed E-state index contributed by atoms with van der Waals surface area (Å²) in [5, 5.41) is 14.3. The fourth-order valence-corrected chi connectivity index (χ4v) is 2.14. The number of hydrogen-bond acceptors (Lipinski definition) is 3. The Morgan fingerprint density at radius 2 is 1.95 bits per heavy atom. The van der Waals surface area contributed by atoms with Gasteiger partial charge in [-0.05, 0) is 36.2 Å². The van der Waals surface area contributed by atoms with Crippen molar-refractivity contribution < 1.29 is 9.31 Å². The Morgan fingerprint density at radius 1 is 1.19 bits per heavy atom. The van der Waals surface area contributed by atoms with Gasteiger partial charge in [-0.1, -0.05) is 29.8 Å². The molecular weight excluding hydrogens is 295 g/mol. The lowest BCUT2D eigenvalue weighted by Gasteiger charge is -2.07. The molecule has 1 N–H and O–H groups in total. The highest BCUT2D eigenvalue weighted by molar-refractivity contribution is 6.31. The van der Waals surface area contributed by atoms with E-state index in [-0.39, 0.29) is 11.5 Å². The Kier molecular flexibility index (Phi) is 5.25. The summed E-state index contributed by atoms with van der Waals surface area (Å²) in [5.41, 5.74) is 1.29. The zero-order chi connectivity index (χ0) is 15.2. The fourth-order valence-electron chi connectivity index (χ4n) is 1.96. The van der Waals surface area contributed by atoms with E-state index in [9.17, 15) is 14.5 Å². The van der Waals surface area contributed by atoms with Crippen LogP contribution >= 0.6 is 11.6 Å². The largest absolute Gasteiger partial charge is 0.312 e. The van der Waals surface area contributed by atoms with E-state index in [0.29, 0.717) is 35.7 Å². The predicted molar refractivity (Wildman–Crippen MR) is 79.9 cm³/mol. The van der Waals surface area contributed by atoms with E-state index in [4.69, 9.17) is 11.6 Å². The molecule has 0 unspecified atom stereocenters. The van der Waals surface area contributed by atoms with Gasteiger partial charge in [-0.25, -0.2) is 4.39 Å². The van der Waals surface area contributed by atoms with Crippen molar-refractivity contribution in [2.75, 3.05) is 6.54 Å². The zero-order valence-corrected chi connectivity index (χ0v) is 11.9. The first-order valence-corrected chi connectivity index (χ1v) is 6.82. The van der Waals surface area contributed by atoms with Gasteiger partial charge in [0.2, 0.25) is 0 Å². The molecule has 0 heterocycles. The molecular formula is C15H14ClFN2O2. The van der Waals surface area contributed by atoms with Crippen molar-refractivity contribution in [3.05, 3.63) is 74.5 Å². The SMILES string of the molecule is O=[N+]([O-])c1ccc(Cl)c(CNCCc2ccccc2F)c1. The summed E-state index contributed by atoms with van der Waals surface area (Å²) < 4.78 is 13.4. The van der Waals surface area contributed by atoms with Crippen molar-refractivity contribution in [2.24, 2.45) is 0 Å². The van der Waals surface area contributed by atoms with E-state index in [2.05, 4.69) is 5.32 Å². The molecule has 2 aromatic carbocycles. The molecule has 2 rings (SSSR count). The number of nitro groups is 1. The van der Waals surface area contributed by atoms with Crippen LogP contribution in [0.25, 0.3) is 0 Å². The number of halogens is 2. The summed E-state index contributed by atoms with van der Waals surface area (Å²) in [4.78, 5) is 10.3. The minimum Gasteiger partial charge on any atom is -0.312 e. The highest BCUT2D eigenvalue weighted by atomic mass is 35.5. The molecule has 0 aliphatic carbocycles. The minimum absolute atomic E-state index is 0.00491. The molecule has 0 saturated carbocycles. The number of benzene rings is 2. The standard InChI is InChI=1S/C15H14ClFN2O2/c16-14-6-5-13(19(20)21)9-12(14)10-18-8-7-11-3-1-2-4-15(11)17/h1-6,9,18H,7-8,10H2. The summed E-state index contributed by atoms with van der Waals surface area (Å²) in [6.45, 7) is 0.953. The summed E-state index contributed by atoms with van der Waals surface area (Å²) in [5.74, 6) is -0.229. The third-order valence-electron chi connectivity index (χ3n) is 3.08. The topological polar surface area (TPSA) is 55.2 Å². The number of nitrogens with one attached hydrogen (secondary N) is 1. The molecule has 0 aromatic heterocycles. The van der Waals surface area contributed by atoms with Gasteiger partial charge < -0.3 is 5.32 Å². The molecule has 0 aliphatic heterocycles. The molecule has 21 heavy (non-hydrogen) atoms. The predicted octanol–water partition coefficient (Wildman–Crippen LogP) is 3.72. The van der Waals surface area contributed by atoms with E-state index in [0.717, 1.165) is 0 Å². The second-order valence-electron chi connectivity index (χ2n) is 4.55. The lowest BCUT2D eigenvalue weighted by atomic mass is 10.1. The van der Waals surface area contributed by atoms with E-state index >= 15 is 0 Å². The average Bonchev–Trinajstić information content (AvgIpc) is 2.46. The van der Waals surface area contributed by atoms with Crippen molar-refractivity contribution in [3.63, 3.8) is 0 Å². The first-order chi connectivity index (χ1) is 10.1. The quantitative estimate of drug-likeness (QED) is 0.503. The number of nitrogens with zero attached hydrogens (tertiary/aromatic N) is 1. The van der Waals surface area contributed by atoms with Gasteiger partial charge in [0.25, 0.3) is 5.69 Å². The van der Waals surface area contributed by atoms with Gasteiger partial charge >= 0.3 is 0 Å². The van der Waals surface area contributed by atoms with Crippen LogP contribution in [0.4, 0.5) is 10.1 Å². The Bertz CT molecular complexity index is 649. The molecule has 2 aromatic rings. The molecule has 6 heteroatoms. The van der Waals surface area contributed by atoms with Gasteiger partial charge in [-0.3, -0.25) is 10.1 Å². The van der Waals surface area contributed by atoms with Crippen LogP contribution in [-0.4, -0.2) is 11.5 Å². The van der Waals surface area contributed by atoms with E-state index in [1.54, 1.807) is 18.2 Å². The van der Waals surface area contributed by atoms with Gasteiger partial charge in [0.05, 0.1) is 4.92 Å². The number of rotatable bonds is 6. The van der Waals surface area contributed by atoms with Crippen LogP contribution in [0, 0.1) is 15.9 Å². The second kappa shape index (κ2) is 7.15. The highest BCUT2D eigenvalue weighted by Gasteiger charge is 2.09. The maximum absolute atomic E-state index is 13.4. The Morgan fingerprint density at radius 3 is 2.67 bits per heavy atom. The maximum Gasteiger partial charge on any atom is 0.269 e. The summed E-state index contributed by atoms with van der Waals surface area (Å²) in [6.07, 6.45) is 0.541. The highest BCUT2D eigenvalue weighted by Crippen LogP contribution is 2.21. The van der Waals surface area contributed by atoms with Crippen molar-refractivity contribution in [1.29, 1.82) is 0 Å².